The van der Waals surface area contributed by atoms with Crippen molar-refractivity contribution in [3.8, 4) is 11.4 Å². The van der Waals surface area contributed by atoms with Gasteiger partial charge in [-0.1, -0.05) is 35.9 Å². The minimum Gasteiger partial charge on any atom is -0.497 e. The molecule has 0 amide bonds. The van der Waals surface area contributed by atoms with E-state index in [-0.39, 0.29) is 0 Å². The molecule has 3 aromatic rings. The molecule has 146 valence electrons. The number of methoxy groups -OCH3 is 1. The normalized spacial score (nSPS) is 11.3. The Kier molecular flexibility index (Phi) is 6.92. The molecule has 1 heterocycles. The largest absolute Gasteiger partial charge is 0.497 e. The van der Waals surface area contributed by atoms with Gasteiger partial charge < -0.3 is 19.9 Å². The standard InChI is InChI=1S/C21H24ClN5O/c1-23-21(25-10-9-16-7-8-18(28-2)13-19(16)22)26-14-17-5-3-4-6-20(17)27-12-11-24-15-27/h3-8,11-13,15H,9-10,14H2,1-2H3,(H2,23,25,26). The molecular formula is C21H24ClN5O. The third-order valence-corrected chi connectivity index (χ3v) is 4.74. The first-order chi connectivity index (χ1) is 13.7. The van der Waals surface area contributed by atoms with Gasteiger partial charge in [0.05, 0.1) is 19.1 Å². The highest BCUT2D eigenvalue weighted by Gasteiger charge is 2.06. The lowest BCUT2D eigenvalue weighted by molar-refractivity contribution is 0.414. The number of hydrogen-bond acceptors (Lipinski definition) is 3. The van der Waals surface area contributed by atoms with E-state index in [4.69, 9.17) is 16.3 Å². The lowest BCUT2D eigenvalue weighted by Gasteiger charge is -2.15. The first-order valence-electron chi connectivity index (χ1n) is 9.04. The van der Waals surface area contributed by atoms with E-state index >= 15 is 0 Å². The van der Waals surface area contributed by atoms with Crippen molar-refractivity contribution in [2.45, 2.75) is 13.0 Å². The topological polar surface area (TPSA) is 63.5 Å². The molecule has 0 radical (unpaired) electrons. The van der Waals surface area contributed by atoms with Crippen LogP contribution in [0, 0.1) is 0 Å². The molecule has 28 heavy (non-hydrogen) atoms. The van der Waals surface area contributed by atoms with Crippen LogP contribution in [0.3, 0.4) is 0 Å². The molecule has 1 aromatic heterocycles. The zero-order valence-electron chi connectivity index (χ0n) is 16.0. The van der Waals surface area contributed by atoms with E-state index in [2.05, 4.69) is 32.7 Å². The van der Waals surface area contributed by atoms with Crippen molar-refractivity contribution in [2.75, 3.05) is 20.7 Å². The number of nitrogens with one attached hydrogen (secondary N) is 2. The van der Waals surface area contributed by atoms with Crippen LogP contribution in [0.4, 0.5) is 0 Å². The maximum Gasteiger partial charge on any atom is 0.191 e. The van der Waals surface area contributed by atoms with Gasteiger partial charge in [-0.25, -0.2) is 4.98 Å². The van der Waals surface area contributed by atoms with Gasteiger partial charge >= 0.3 is 0 Å². The van der Waals surface area contributed by atoms with Crippen LogP contribution in [0.5, 0.6) is 5.75 Å². The number of nitrogens with zero attached hydrogens (tertiary/aromatic N) is 3. The Labute approximate surface area is 170 Å². The molecule has 7 heteroatoms. The second-order valence-electron chi connectivity index (χ2n) is 6.16. The highest BCUT2D eigenvalue weighted by atomic mass is 35.5. The molecule has 0 atom stereocenters. The second kappa shape index (κ2) is 9.80. The minimum atomic E-state index is 0.650. The van der Waals surface area contributed by atoms with E-state index < -0.39 is 0 Å². The summed E-state index contributed by atoms with van der Waals surface area (Å²) in [6, 6.07) is 13.9. The summed E-state index contributed by atoms with van der Waals surface area (Å²) in [6.45, 7) is 1.37. The van der Waals surface area contributed by atoms with Crippen LogP contribution in [-0.4, -0.2) is 36.2 Å². The van der Waals surface area contributed by atoms with Gasteiger partial charge in [0, 0.05) is 37.6 Å². The molecule has 6 nitrogen and oxygen atoms in total. The third-order valence-electron chi connectivity index (χ3n) is 4.39. The zero-order chi connectivity index (χ0) is 19.8. The highest BCUT2D eigenvalue weighted by Crippen LogP contribution is 2.22. The SMILES string of the molecule is CN=C(NCCc1ccc(OC)cc1Cl)NCc1ccccc1-n1ccnc1. The van der Waals surface area contributed by atoms with Gasteiger partial charge in [0.25, 0.3) is 0 Å². The van der Waals surface area contributed by atoms with Gasteiger partial charge in [-0.2, -0.15) is 0 Å². The fourth-order valence-electron chi connectivity index (χ4n) is 2.89. The highest BCUT2D eigenvalue weighted by molar-refractivity contribution is 6.31. The number of para-hydroxylation sites is 1. The van der Waals surface area contributed by atoms with Crippen molar-refractivity contribution < 1.29 is 4.74 Å². The average molecular weight is 398 g/mol. The number of halogens is 1. The predicted molar refractivity (Wildman–Crippen MR) is 113 cm³/mol. The lowest BCUT2D eigenvalue weighted by atomic mass is 10.1. The Balaban J connectivity index is 1.55. The van der Waals surface area contributed by atoms with Gasteiger partial charge in [0.15, 0.2) is 5.96 Å². The molecule has 0 aliphatic rings. The van der Waals surface area contributed by atoms with Crippen LogP contribution in [0.2, 0.25) is 5.02 Å². The van der Waals surface area contributed by atoms with Gasteiger partial charge in [-0.05, 0) is 35.7 Å². The van der Waals surface area contributed by atoms with Gasteiger partial charge in [-0.3, -0.25) is 4.99 Å². The summed E-state index contributed by atoms with van der Waals surface area (Å²) in [5.41, 5.74) is 3.31. The first-order valence-corrected chi connectivity index (χ1v) is 9.42. The number of hydrogen-bond donors (Lipinski definition) is 2. The van der Waals surface area contributed by atoms with Gasteiger partial charge in [-0.15, -0.1) is 0 Å². The van der Waals surface area contributed by atoms with Crippen molar-refractivity contribution in [3.05, 3.63) is 77.3 Å². The van der Waals surface area contributed by atoms with Crippen LogP contribution in [0.1, 0.15) is 11.1 Å². The summed E-state index contributed by atoms with van der Waals surface area (Å²) in [6.07, 6.45) is 6.29. The van der Waals surface area contributed by atoms with E-state index in [0.29, 0.717) is 11.6 Å². The Morgan fingerprint density at radius 1 is 1.18 bits per heavy atom. The van der Waals surface area contributed by atoms with E-state index in [1.807, 2.05) is 41.1 Å². The number of ether oxygens (including phenoxy) is 1. The van der Waals surface area contributed by atoms with Crippen LogP contribution >= 0.6 is 11.6 Å². The molecule has 0 saturated heterocycles. The zero-order valence-corrected chi connectivity index (χ0v) is 16.8. The molecule has 0 unspecified atom stereocenters. The number of aliphatic imine (C=N–C) groups is 1. The van der Waals surface area contributed by atoms with Crippen LogP contribution in [-0.2, 0) is 13.0 Å². The second-order valence-corrected chi connectivity index (χ2v) is 6.57. The summed E-state index contributed by atoms with van der Waals surface area (Å²) >= 11 is 6.30. The summed E-state index contributed by atoms with van der Waals surface area (Å²) in [4.78, 5) is 8.42. The number of aromatic nitrogens is 2. The van der Waals surface area contributed by atoms with Crippen LogP contribution in [0.25, 0.3) is 5.69 Å². The van der Waals surface area contributed by atoms with Crippen molar-refractivity contribution in [1.82, 2.24) is 20.2 Å². The number of benzene rings is 2. The monoisotopic (exact) mass is 397 g/mol. The molecule has 2 N–H and O–H groups in total. The number of guanidine groups is 1. The van der Waals surface area contributed by atoms with E-state index in [0.717, 1.165) is 41.5 Å². The van der Waals surface area contributed by atoms with E-state index in [1.165, 1.54) is 0 Å². The van der Waals surface area contributed by atoms with Gasteiger partial charge in [0.2, 0.25) is 0 Å². The molecular weight excluding hydrogens is 374 g/mol. The van der Waals surface area contributed by atoms with E-state index in [1.54, 1.807) is 26.7 Å². The Morgan fingerprint density at radius 2 is 2.04 bits per heavy atom. The molecule has 2 aromatic carbocycles. The first kappa shape index (κ1) is 19.8. The van der Waals surface area contributed by atoms with Crippen molar-refractivity contribution >= 4 is 17.6 Å². The minimum absolute atomic E-state index is 0.650. The van der Waals surface area contributed by atoms with Crippen molar-refractivity contribution in [2.24, 2.45) is 4.99 Å². The fraction of sp³-hybridized carbons (Fsp3) is 0.238. The maximum atomic E-state index is 6.30. The smallest absolute Gasteiger partial charge is 0.191 e. The quantitative estimate of drug-likeness (QED) is 0.473. The van der Waals surface area contributed by atoms with Crippen molar-refractivity contribution in [1.29, 1.82) is 0 Å². The van der Waals surface area contributed by atoms with Crippen LogP contribution < -0.4 is 15.4 Å². The molecule has 3 rings (SSSR count). The number of rotatable bonds is 7. The van der Waals surface area contributed by atoms with Gasteiger partial charge in [0.1, 0.15) is 5.75 Å². The van der Waals surface area contributed by atoms with Crippen molar-refractivity contribution in [3.63, 3.8) is 0 Å². The van der Waals surface area contributed by atoms with Crippen LogP contribution in [0.15, 0.2) is 66.2 Å². The predicted octanol–water partition coefficient (Wildman–Crippen LogP) is 3.44. The molecule has 0 aliphatic heterocycles. The maximum absolute atomic E-state index is 6.30. The molecule has 0 bridgehead atoms. The van der Waals surface area contributed by atoms with E-state index in [9.17, 15) is 0 Å². The molecule has 0 fully saturated rings. The Bertz CT molecular complexity index is 924. The lowest BCUT2D eigenvalue weighted by Crippen LogP contribution is -2.38. The summed E-state index contributed by atoms with van der Waals surface area (Å²) in [5.74, 6) is 1.50. The molecule has 0 saturated carbocycles. The fourth-order valence-corrected chi connectivity index (χ4v) is 3.15. The Hall–Kier alpha value is -2.99. The molecule has 0 aliphatic carbocycles. The average Bonchev–Trinajstić information content (AvgIpc) is 3.26. The third kappa shape index (κ3) is 5.04. The Morgan fingerprint density at radius 3 is 2.75 bits per heavy atom. The summed E-state index contributed by atoms with van der Waals surface area (Å²) < 4.78 is 7.18. The summed E-state index contributed by atoms with van der Waals surface area (Å²) in [5, 5.41) is 7.39. The number of imidazole rings is 1. The molecule has 0 spiro atoms. The summed E-state index contributed by atoms with van der Waals surface area (Å²) in [7, 11) is 3.39.